The van der Waals surface area contributed by atoms with Crippen molar-refractivity contribution in [3.63, 3.8) is 0 Å². The van der Waals surface area contributed by atoms with Crippen molar-refractivity contribution in [3.8, 4) is 11.8 Å². The summed E-state index contributed by atoms with van der Waals surface area (Å²) in [7, 11) is 0. The van der Waals surface area contributed by atoms with E-state index in [0.717, 1.165) is 54.6 Å². The van der Waals surface area contributed by atoms with E-state index in [1.807, 2.05) is 48.5 Å². The van der Waals surface area contributed by atoms with Gasteiger partial charge in [0.1, 0.15) is 11.6 Å². The first-order valence-corrected chi connectivity index (χ1v) is 12.6. The third-order valence-electron chi connectivity index (χ3n) is 6.51. The van der Waals surface area contributed by atoms with Crippen LogP contribution in [0.3, 0.4) is 0 Å². The Morgan fingerprint density at radius 2 is 1.40 bits per heavy atom. The standard InChI is InChI=1S/C32H32FNO/c1-2-3-4-21-35-30-18-12-25(13-19-30)5-8-26-14-20-31-29(22-26)17-16-28(32(31)33)15-11-24-6-9-27(23-34)10-7-24/h6-7,9-10,12-14,16-20,22H,2-5,8,11,15,21H2,1H3. The Labute approximate surface area is 208 Å². The second kappa shape index (κ2) is 12.2. The molecular weight excluding hydrogens is 433 g/mol. The number of rotatable bonds is 11. The predicted molar refractivity (Wildman–Crippen MR) is 141 cm³/mol. The summed E-state index contributed by atoms with van der Waals surface area (Å²) in [4.78, 5) is 0. The van der Waals surface area contributed by atoms with Crippen molar-refractivity contribution in [3.05, 3.63) is 112 Å². The quantitative estimate of drug-likeness (QED) is 0.210. The van der Waals surface area contributed by atoms with Gasteiger partial charge >= 0.3 is 0 Å². The number of nitrogens with zero attached hydrogens (tertiary/aromatic N) is 1. The van der Waals surface area contributed by atoms with Gasteiger partial charge in [0.25, 0.3) is 0 Å². The summed E-state index contributed by atoms with van der Waals surface area (Å²) in [6, 6.07) is 28.0. The lowest BCUT2D eigenvalue weighted by molar-refractivity contribution is 0.306. The van der Waals surface area contributed by atoms with E-state index >= 15 is 4.39 Å². The van der Waals surface area contributed by atoms with E-state index in [4.69, 9.17) is 10.00 Å². The fourth-order valence-corrected chi connectivity index (χ4v) is 4.34. The molecule has 4 aromatic carbocycles. The van der Waals surface area contributed by atoms with Gasteiger partial charge in [-0.3, -0.25) is 0 Å². The van der Waals surface area contributed by atoms with Gasteiger partial charge in [-0.05, 0) is 84.0 Å². The number of unbranched alkanes of at least 4 members (excludes halogenated alkanes) is 2. The molecule has 0 aromatic heterocycles. The average Bonchev–Trinajstić information content (AvgIpc) is 2.90. The molecule has 0 bridgehead atoms. The first-order chi connectivity index (χ1) is 17.2. The number of benzene rings is 4. The summed E-state index contributed by atoms with van der Waals surface area (Å²) in [5.74, 6) is 0.804. The maximum Gasteiger partial charge on any atom is 0.134 e. The smallest absolute Gasteiger partial charge is 0.134 e. The van der Waals surface area contributed by atoms with Crippen LogP contribution in [0.15, 0.2) is 78.9 Å². The zero-order valence-electron chi connectivity index (χ0n) is 20.4. The minimum atomic E-state index is -0.128. The molecule has 0 spiro atoms. The topological polar surface area (TPSA) is 33.0 Å². The molecule has 0 aliphatic rings. The second-order valence-corrected chi connectivity index (χ2v) is 9.10. The minimum absolute atomic E-state index is 0.128. The van der Waals surface area contributed by atoms with Gasteiger partial charge in [-0.15, -0.1) is 0 Å². The fourth-order valence-electron chi connectivity index (χ4n) is 4.34. The molecule has 0 heterocycles. The van der Waals surface area contributed by atoms with Crippen LogP contribution in [0.1, 0.15) is 54.0 Å². The molecule has 4 rings (SSSR count). The number of ether oxygens (including phenoxy) is 1. The lowest BCUT2D eigenvalue weighted by atomic mass is 9.97. The third kappa shape index (κ3) is 6.70. The maximum atomic E-state index is 15.2. The highest BCUT2D eigenvalue weighted by Crippen LogP contribution is 2.24. The Hall–Kier alpha value is -3.64. The highest BCUT2D eigenvalue weighted by Gasteiger charge is 2.09. The number of hydrogen-bond acceptors (Lipinski definition) is 2. The van der Waals surface area contributed by atoms with E-state index in [-0.39, 0.29) is 5.82 Å². The summed E-state index contributed by atoms with van der Waals surface area (Å²) >= 11 is 0. The molecule has 35 heavy (non-hydrogen) atoms. The molecule has 0 unspecified atom stereocenters. The molecule has 178 valence electrons. The van der Waals surface area contributed by atoms with Gasteiger partial charge in [-0.2, -0.15) is 5.26 Å². The van der Waals surface area contributed by atoms with E-state index in [9.17, 15) is 0 Å². The molecule has 0 saturated heterocycles. The van der Waals surface area contributed by atoms with Gasteiger partial charge in [0.15, 0.2) is 0 Å². The molecule has 2 nitrogen and oxygen atoms in total. The zero-order valence-corrected chi connectivity index (χ0v) is 20.4. The van der Waals surface area contributed by atoms with Gasteiger partial charge in [-0.25, -0.2) is 4.39 Å². The van der Waals surface area contributed by atoms with Crippen molar-refractivity contribution in [1.82, 2.24) is 0 Å². The van der Waals surface area contributed by atoms with E-state index in [1.165, 1.54) is 24.0 Å². The van der Waals surface area contributed by atoms with Crippen LogP contribution in [-0.2, 0) is 25.7 Å². The summed E-state index contributed by atoms with van der Waals surface area (Å²) in [5.41, 5.74) is 4.96. The summed E-state index contributed by atoms with van der Waals surface area (Å²) in [6.07, 6.45) is 6.72. The van der Waals surface area contributed by atoms with E-state index in [0.29, 0.717) is 17.4 Å². The van der Waals surface area contributed by atoms with Crippen molar-refractivity contribution in [2.75, 3.05) is 6.61 Å². The summed E-state index contributed by atoms with van der Waals surface area (Å²) < 4.78 is 21.0. The summed E-state index contributed by atoms with van der Waals surface area (Å²) in [6.45, 7) is 2.97. The fraction of sp³-hybridized carbons (Fsp3) is 0.281. The van der Waals surface area contributed by atoms with E-state index in [1.54, 1.807) is 0 Å². The van der Waals surface area contributed by atoms with Gasteiger partial charge < -0.3 is 4.74 Å². The molecule has 0 saturated carbocycles. The Bertz CT molecular complexity index is 1290. The van der Waals surface area contributed by atoms with Gasteiger partial charge in [0, 0.05) is 5.39 Å². The average molecular weight is 466 g/mol. The van der Waals surface area contributed by atoms with Crippen LogP contribution in [0.2, 0.25) is 0 Å². The number of nitriles is 1. The van der Waals surface area contributed by atoms with Gasteiger partial charge in [-0.1, -0.05) is 74.4 Å². The van der Waals surface area contributed by atoms with Gasteiger partial charge in [0.05, 0.1) is 18.2 Å². The van der Waals surface area contributed by atoms with Crippen molar-refractivity contribution < 1.29 is 9.13 Å². The van der Waals surface area contributed by atoms with Crippen LogP contribution in [0.5, 0.6) is 5.75 Å². The van der Waals surface area contributed by atoms with Crippen LogP contribution < -0.4 is 4.74 Å². The van der Waals surface area contributed by atoms with Crippen LogP contribution in [0.4, 0.5) is 4.39 Å². The predicted octanol–water partition coefficient (Wildman–Crippen LogP) is 7.99. The normalized spacial score (nSPS) is 10.9. The van der Waals surface area contributed by atoms with Crippen molar-refractivity contribution in [2.24, 2.45) is 0 Å². The number of hydrogen-bond donors (Lipinski definition) is 0. The molecule has 4 aromatic rings. The van der Waals surface area contributed by atoms with Crippen LogP contribution in [0, 0.1) is 17.1 Å². The molecular formula is C32H32FNO. The molecule has 0 radical (unpaired) electrons. The first-order valence-electron chi connectivity index (χ1n) is 12.6. The first kappa shape index (κ1) is 24.5. The van der Waals surface area contributed by atoms with Crippen LogP contribution in [-0.4, -0.2) is 6.61 Å². The van der Waals surface area contributed by atoms with Crippen molar-refractivity contribution >= 4 is 10.8 Å². The third-order valence-corrected chi connectivity index (χ3v) is 6.51. The highest BCUT2D eigenvalue weighted by molar-refractivity contribution is 5.84. The summed E-state index contributed by atoms with van der Waals surface area (Å²) in [5, 5.41) is 10.5. The largest absolute Gasteiger partial charge is 0.494 e. The van der Waals surface area contributed by atoms with Crippen molar-refractivity contribution in [1.29, 1.82) is 5.26 Å². The van der Waals surface area contributed by atoms with Gasteiger partial charge in [0.2, 0.25) is 0 Å². The maximum absolute atomic E-state index is 15.2. The van der Waals surface area contributed by atoms with Crippen molar-refractivity contribution in [2.45, 2.75) is 51.9 Å². The molecule has 0 fully saturated rings. The molecule has 0 N–H and O–H groups in total. The Balaban J connectivity index is 1.35. The Kier molecular flexibility index (Phi) is 8.52. The second-order valence-electron chi connectivity index (χ2n) is 9.10. The monoisotopic (exact) mass is 465 g/mol. The molecule has 0 amide bonds. The number of halogens is 1. The Morgan fingerprint density at radius 3 is 2.11 bits per heavy atom. The molecule has 0 atom stereocenters. The van der Waals surface area contributed by atoms with E-state index in [2.05, 4.69) is 43.3 Å². The number of aryl methyl sites for hydroxylation is 4. The lowest BCUT2D eigenvalue weighted by Gasteiger charge is -2.10. The number of fused-ring (bicyclic) bond motifs is 1. The van der Waals surface area contributed by atoms with E-state index < -0.39 is 0 Å². The lowest BCUT2D eigenvalue weighted by Crippen LogP contribution is -1.98. The van der Waals surface area contributed by atoms with Crippen LogP contribution >= 0.6 is 0 Å². The SMILES string of the molecule is CCCCCOc1ccc(CCc2ccc3c(F)c(CCc4ccc(C#N)cc4)ccc3c2)cc1. The molecule has 3 heteroatoms. The Morgan fingerprint density at radius 1 is 0.743 bits per heavy atom. The van der Waals surface area contributed by atoms with Crippen LogP contribution in [0.25, 0.3) is 10.8 Å². The zero-order chi connectivity index (χ0) is 24.5. The molecule has 0 aliphatic heterocycles. The molecule has 0 aliphatic carbocycles. The minimum Gasteiger partial charge on any atom is -0.494 e. The highest BCUT2D eigenvalue weighted by atomic mass is 19.1.